The fraction of sp³-hybridized carbons (Fsp3) is 0.923. The number of rotatable bonds is 26. The molecule has 45 heteroatoms. The van der Waals surface area contributed by atoms with Crippen molar-refractivity contribution >= 4 is 44.4 Å². The Morgan fingerprint density at radius 2 is 0.660 bits per heavy atom. The van der Waals surface area contributed by atoms with Crippen molar-refractivity contribution in [3.63, 3.8) is 0 Å². The fourth-order valence-corrected chi connectivity index (χ4v) is 12.7. The molecule has 8 aliphatic rings. The van der Waals surface area contributed by atoms with Crippen LogP contribution >= 0.6 is 0 Å². The minimum atomic E-state index is -5.27. The Kier molecular flexibility index (Phi) is 28.3. The predicted octanol–water partition coefficient (Wildman–Crippen LogP) is -11.5. The standard InChI is InChI=1S/C52H86N4O39S2/c1-17(59)53-37-41(68)45(26(9-57)85-49(37)72)92-34-6-22(64)28(12-80-34)87-50-38(54-18(2)60)42(69)46(27(10-58)86-50)93-35-7-23(65)29(13-81-35)88-52-40(56-20(4)62)44(71)48(32(91-52)16-84-97(76,77)78)95-36-8-24(66)30(14-82-36)89-51-39(55-19(3)61)43(70)47(31(90-51)15-83-96(73,74)75)94-33-5-21(63)25(67)11-79-33/h21-52,57-58,63-72H,5-16H2,1-4H3,(H,53,59)(H,54,60)(H,55,61)(H,56,62)(H,73,74,75)(H,76,77,78)/t21-,22-,23-,24-,25+,26?,27?,28-,29-,30-,31?,32?,33-,34-,35-,36-,37?,38?,39?,40?,41+,42+,43+,44+,45+,46+,47+,48+,49-,50-,51+,52+/m0/s1. The van der Waals surface area contributed by atoms with E-state index < -0.39 is 307 Å². The Hall–Kier alpha value is -3.46. The summed E-state index contributed by atoms with van der Waals surface area (Å²) in [7, 11) is -10.4. The molecule has 18 N–H and O–H groups in total. The van der Waals surface area contributed by atoms with E-state index in [1.54, 1.807) is 0 Å². The number of ether oxygens (including phenoxy) is 15. The summed E-state index contributed by atoms with van der Waals surface area (Å²) in [4.78, 5) is 49.5. The van der Waals surface area contributed by atoms with Gasteiger partial charge in [-0.05, 0) is 0 Å². The smallest absolute Gasteiger partial charge is 0.394 e. The molecule has 8 saturated heterocycles. The van der Waals surface area contributed by atoms with Gasteiger partial charge in [0.1, 0.15) is 122 Å². The third kappa shape index (κ3) is 21.3. The van der Waals surface area contributed by atoms with Gasteiger partial charge in [0.15, 0.2) is 50.3 Å². The average molecular weight is 1460 g/mol. The van der Waals surface area contributed by atoms with Crippen LogP contribution in [-0.4, -0.2) is 360 Å². The number of amides is 4. The summed E-state index contributed by atoms with van der Waals surface area (Å²) in [5.41, 5.74) is 0. The molecule has 32 atom stereocenters. The van der Waals surface area contributed by atoms with E-state index in [9.17, 15) is 106 Å². The quantitative estimate of drug-likeness (QED) is 0.0358. The summed E-state index contributed by atoms with van der Waals surface area (Å²) in [5, 5.41) is 141. The van der Waals surface area contributed by atoms with E-state index in [-0.39, 0.29) is 12.8 Å². The Labute approximate surface area is 552 Å². The Morgan fingerprint density at radius 3 is 0.959 bits per heavy atom. The van der Waals surface area contributed by atoms with Crippen LogP contribution in [0.15, 0.2) is 0 Å². The van der Waals surface area contributed by atoms with Gasteiger partial charge in [-0.15, -0.1) is 0 Å². The van der Waals surface area contributed by atoms with Crippen LogP contribution < -0.4 is 21.3 Å². The third-order valence-electron chi connectivity index (χ3n) is 16.7. The lowest BCUT2D eigenvalue weighted by atomic mass is 9.95. The molecule has 0 aliphatic carbocycles. The van der Waals surface area contributed by atoms with Crippen LogP contribution in [0.1, 0.15) is 53.4 Å². The highest BCUT2D eigenvalue weighted by Gasteiger charge is 2.56. The molecule has 560 valence electrons. The molecule has 0 saturated carbocycles. The molecular formula is C52H86N4O39S2. The van der Waals surface area contributed by atoms with Crippen molar-refractivity contribution < 1.29 is 186 Å². The molecule has 0 aromatic rings. The molecule has 8 fully saturated rings. The molecule has 43 nitrogen and oxygen atoms in total. The van der Waals surface area contributed by atoms with Gasteiger partial charge in [-0.1, -0.05) is 0 Å². The predicted molar refractivity (Wildman–Crippen MR) is 302 cm³/mol. The first-order valence-electron chi connectivity index (χ1n) is 30.6. The number of aliphatic hydroxyl groups excluding tert-OH is 12. The van der Waals surface area contributed by atoms with Gasteiger partial charge in [0.05, 0.1) is 77.3 Å². The second-order valence-electron chi connectivity index (χ2n) is 24.1. The number of carbonyl (C=O) groups is 4. The van der Waals surface area contributed by atoms with Gasteiger partial charge < -0.3 is 154 Å². The molecule has 0 spiro atoms. The van der Waals surface area contributed by atoms with E-state index in [4.69, 9.17) is 71.1 Å². The number of carbonyl (C=O) groups excluding carboxylic acids is 4. The van der Waals surface area contributed by atoms with Crippen molar-refractivity contribution in [2.45, 2.75) is 250 Å². The summed E-state index contributed by atoms with van der Waals surface area (Å²) in [6.07, 6.45) is -46.0. The maximum absolute atomic E-state index is 12.7. The molecule has 0 aromatic carbocycles. The van der Waals surface area contributed by atoms with E-state index in [0.717, 1.165) is 27.7 Å². The van der Waals surface area contributed by atoms with Gasteiger partial charge >= 0.3 is 20.8 Å². The highest BCUT2D eigenvalue weighted by atomic mass is 32.3. The molecule has 8 heterocycles. The van der Waals surface area contributed by atoms with Gasteiger partial charge in [0, 0.05) is 53.4 Å². The lowest BCUT2D eigenvalue weighted by molar-refractivity contribution is -0.352. The number of hydrogen-bond acceptors (Lipinski definition) is 37. The summed E-state index contributed by atoms with van der Waals surface area (Å²) in [6, 6.07) is -6.14. The lowest BCUT2D eigenvalue weighted by Gasteiger charge is -2.48. The van der Waals surface area contributed by atoms with Crippen LogP contribution in [0, 0.1) is 0 Å². The van der Waals surface area contributed by atoms with Crippen molar-refractivity contribution in [2.75, 3.05) is 52.9 Å². The first-order chi connectivity index (χ1) is 45.6. The topological polar surface area (TPSA) is 625 Å². The summed E-state index contributed by atoms with van der Waals surface area (Å²) >= 11 is 0. The van der Waals surface area contributed by atoms with Gasteiger partial charge in [-0.2, -0.15) is 16.8 Å². The molecule has 8 rings (SSSR count). The summed E-state index contributed by atoms with van der Waals surface area (Å²) in [6.45, 7) is -1.60. The first-order valence-corrected chi connectivity index (χ1v) is 33.3. The lowest BCUT2D eigenvalue weighted by Crippen LogP contribution is -2.68. The zero-order valence-electron chi connectivity index (χ0n) is 52.2. The highest BCUT2D eigenvalue weighted by molar-refractivity contribution is 7.81. The zero-order valence-corrected chi connectivity index (χ0v) is 53.9. The Morgan fingerprint density at radius 1 is 0.381 bits per heavy atom. The third-order valence-corrected chi connectivity index (χ3v) is 17.6. The first kappa shape index (κ1) is 79.2. The highest BCUT2D eigenvalue weighted by Crippen LogP contribution is 2.37. The second-order valence-corrected chi connectivity index (χ2v) is 26.3. The maximum atomic E-state index is 12.7. The van der Waals surface area contributed by atoms with Crippen molar-refractivity contribution in [3.05, 3.63) is 0 Å². The molecule has 8 aliphatic heterocycles. The van der Waals surface area contributed by atoms with Crippen molar-refractivity contribution in [2.24, 2.45) is 0 Å². The molecule has 4 amide bonds. The largest absolute Gasteiger partial charge is 0.397 e. The van der Waals surface area contributed by atoms with Crippen LogP contribution in [0.3, 0.4) is 0 Å². The molecular weight excluding hydrogens is 1370 g/mol. The Bertz CT molecular complexity index is 2810. The van der Waals surface area contributed by atoms with E-state index in [2.05, 4.69) is 29.6 Å². The van der Waals surface area contributed by atoms with Crippen molar-refractivity contribution in [1.82, 2.24) is 21.3 Å². The van der Waals surface area contributed by atoms with E-state index in [1.165, 1.54) is 0 Å². The fourth-order valence-electron chi connectivity index (χ4n) is 12.1. The van der Waals surface area contributed by atoms with Crippen LogP contribution in [0.25, 0.3) is 0 Å². The summed E-state index contributed by atoms with van der Waals surface area (Å²) < 4.78 is 163. The van der Waals surface area contributed by atoms with E-state index >= 15 is 0 Å². The molecule has 97 heavy (non-hydrogen) atoms. The van der Waals surface area contributed by atoms with Crippen molar-refractivity contribution in [3.8, 4) is 0 Å². The van der Waals surface area contributed by atoms with Gasteiger partial charge in [0.25, 0.3) is 0 Å². The average Bonchev–Trinajstić information content (AvgIpc) is 0.800. The second kappa shape index (κ2) is 34.7. The summed E-state index contributed by atoms with van der Waals surface area (Å²) in [5.74, 6) is -2.91. The van der Waals surface area contributed by atoms with Crippen LogP contribution in [0.5, 0.6) is 0 Å². The minimum absolute atomic E-state index is 0.348. The Balaban J connectivity index is 0.882. The zero-order chi connectivity index (χ0) is 71.1. The van der Waals surface area contributed by atoms with Gasteiger partial charge in [-0.3, -0.25) is 28.3 Å². The van der Waals surface area contributed by atoms with E-state index in [1.807, 2.05) is 0 Å². The van der Waals surface area contributed by atoms with Gasteiger partial charge in [0.2, 0.25) is 23.6 Å². The maximum Gasteiger partial charge on any atom is 0.397 e. The van der Waals surface area contributed by atoms with Crippen LogP contribution in [-0.2, 0) is 119 Å². The number of hydrogen-bond donors (Lipinski definition) is 18. The number of aliphatic hydroxyl groups is 12. The molecule has 0 bridgehead atoms. The van der Waals surface area contributed by atoms with Gasteiger partial charge in [-0.25, -0.2) is 8.37 Å². The normalized spacial score (nSPS) is 44.0. The van der Waals surface area contributed by atoms with Crippen molar-refractivity contribution in [1.29, 1.82) is 0 Å². The van der Waals surface area contributed by atoms with E-state index in [0.29, 0.717) is 0 Å². The van der Waals surface area contributed by atoms with Crippen LogP contribution in [0.2, 0.25) is 0 Å². The monoisotopic (exact) mass is 1450 g/mol. The SMILES string of the molecule is CC(=O)NC1[C@H](O[C@H]2CO[C@@H](O[C@@H]3C(COS(=O)(=O)O)O[C@@H](O[C@H]4CO[C@@H](O[C@@H]5C(CO)O[C@@H](O[C@H]6CO[C@@H](O[C@@H]7C(CO)O[C@H](O)C(NC(C)=O)[C@H]7O)C[C@@H]6O)C(NC(C)=O)[C@H]5O)C[C@@H]4O)C(NC(C)=O)[C@H]3O)C[C@@H]2O)OC(COS(=O)(=O)O)[C@@H](O[C@H]2C[C@H](O)[C@H](O)CO2)[C@@H]1O. The molecule has 0 radical (unpaired) electrons. The molecule has 0 aromatic heterocycles. The molecule has 8 unspecified atom stereocenters. The number of nitrogens with one attached hydrogen (secondary N) is 4. The minimum Gasteiger partial charge on any atom is -0.394 e. The van der Waals surface area contributed by atoms with Crippen LogP contribution in [0.4, 0.5) is 0 Å².